The fraction of sp³-hybridized carbons (Fsp3) is 0.0435. The molecule has 3 aromatic carbocycles. The van der Waals surface area contributed by atoms with Crippen LogP contribution in [0.15, 0.2) is 84.0 Å². The first-order chi connectivity index (χ1) is 15.4. The maximum absolute atomic E-state index is 13.0. The normalized spacial score (nSPS) is 11.9. The number of rotatable bonds is 7. The van der Waals surface area contributed by atoms with Crippen molar-refractivity contribution in [2.24, 2.45) is 10.8 Å². The van der Waals surface area contributed by atoms with Crippen molar-refractivity contribution in [3.8, 4) is 11.5 Å². The van der Waals surface area contributed by atoms with Crippen LogP contribution in [0.1, 0.15) is 27.5 Å². The highest BCUT2D eigenvalue weighted by Crippen LogP contribution is 2.27. The summed E-state index contributed by atoms with van der Waals surface area (Å²) in [5.74, 6) is -3.48. The largest absolute Gasteiger partial charge is 0.504 e. The number of phenols is 2. The van der Waals surface area contributed by atoms with Crippen LogP contribution in [0.25, 0.3) is 0 Å². The molecule has 3 aromatic rings. The maximum Gasteiger partial charge on any atom is 0.275 e. The highest BCUT2D eigenvalue weighted by molar-refractivity contribution is 6.45. The molecule has 0 saturated heterocycles. The molecule has 3 amide bonds. The molecule has 1 unspecified atom stereocenters. The van der Waals surface area contributed by atoms with Gasteiger partial charge in [0.25, 0.3) is 11.8 Å². The first kappa shape index (κ1) is 22.0. The standard InChI is InChI=1S/C23H20N4O5/c24-21(30)18(14-8-3-1-4-9-14)25-23(32)19(15-10-5-2-6-11-15)26-27-22(31)16-12-7-13-17(28)20(16)29/h1-13,18,28-29H,(H2,24,30)(H,25,32)(H,27,31). The van der Waals surface area contributed by atoms with E-state index in [0.29, 0.717) is 11.1 Å². The van der Waals surface area contributed by atoms with Crippen LogP contribution in [-0.2, 0) is 9.59 Å². The van der Waals surface area contributed by atoms with E-state index in [2.05, 4.69) is 15.8 Å². The number of primary amides is 1. The molecule has 0 fully saturated rings. The summed E-state index contributed by atoms with van der Waals surface area (Å²) in [6, 6.07) is 19.4. The molecular formula is C23H20N4O5. The van der Waals surface area contributed by atoms with Crippen molar-refractivity contribution in [2.45, 2.75) is 6.04 Å². The molecule has 9 heteroatoms. The Morgan fingerprint density at radius 3 is 2.09 bits per heavy atom. The number of hydrogen-bond donors (Lipinski definition) is 5. The Bertz CT molecular complexity index is 1160. The van der Waals surface area contributed by atoms with E-state index < -0.39 is 35.3 Å². The van der Waals surface area contributed by atoms with Gasteiger partial charge in [0.1, 0.15) is 6.04 Å². The molecule has 0 radical (unpaired) electrons. The number of amides is 3. The van der Waals surface area contributed by atoms with E-state index in [1.54, 1.807) is 60.7 Å². The molecule has 9 nitrogen and oxygen atoms in total. The minimum Gasteiger partial charge on any atom is -0.504 e. The summed E-state index contributed by atoms with van der Waals surface area (Å²) < 4.78 is 0. The lowest BCUT2D eigenvalue weighted by Gasteiger charge is -2.17. The number of hydrazone groups is 1. The number of para-hydroxylation sites is 1. The van der Waals surface area contributed by atoms with Crippen LogP contribution >= 0.6 is 0 Å². The number of phenolic OH excluding ortho intramolecular Hbond substituents is 2. The second-order valence-electron chi connectivity index (χ2n) is 6.66. The number of nitrogens with one attached hydrogen (secondary N) is 2. The van der Waals surface area contributed by atoms with Gasteiger partial charge in [-0.2, -0.15) is 5.10 Å². The molecule has 6 N–H and O–H groups in total. The highest BCUT2D eigenvalue weighted by Gasteiger charge is 2.24. The quantitative estimate of drug-likeness (QED) is 0.218. The number of benzene rings is 3. The number of carbonyl (C=O) groups excluding carboxylic acids is 3. The number of nitrogens with zero attached hydrogens (tertiary/aromatic N) is 1. The first-order valence-electron chi connectivity index (χ1n) is 9.48. The lowest BCUT2D eigenvalue weighted by Crippen LogP contribution is -2.41. The maximum atomic E-state index is 13.0. The van der Waals surface area contributed by atoms with Crippen molar-refractivity contribution in [1.82, 2.24) is 10.7 Å². The zero-order valence-electron chi connectivity index (χ0n) is 16.7. The topological polar surface area (TPSA) is 154 Å². The molecule has 32 heavy (non-hydrogen) atoms. The van der Waals surface area contributed by atoms with Crippen molar-refractivity contribution < 1.29 is 24.6 Å². The molecular weight excluding hydrogens is 412 g/mol. The van der Waals surface area contributed by atoms with E-state index in [1.807, 2.05) is 0 Å². The van der Waals surface area contributed by atoms with Crippen molar-refractivity contribution in [3.63, 3.8) is 0 Å². The molecule has 0 aliphatic heterocycles. The van der Waals surface area contributed by atoms with E-state index >= 15 is 0 Å². The van der Waals surface area contributed by atoms with Crippen molar-refractivity contribution in [3.05, 3.63) is 95.6 Å². The van der Waals surface area contributed by atoms with Gasteiger partial charge < -0.3 is 21.3 Å². The number of carbonyl (C=O) groups is 3. The Morgan fingerprint density at radius 2 is 1.47 bits per heavy atom. The average molecular weight is 432 g/mol. The molecule has 0 saturated carbocycles. The highest BCUT2D eigenvalue weighted by atomic mass is 16.3. The molecule has 0 heterocycles. The van der Waals surface area contributed by atoms with Crippen LogP contribution in [0.2, 0.25) is 0 Å². The average Bonchev–Trinajstić information content (AvgIpc) is 2.80. The molecule has 1 atom stereocenters. The second kappa shape index (κ2) is 9.90. The first-order valence-corrected chi connectivity index (χ1v) is 9.48. The summed E-state index contributed by atoms with van der Waals surface area (Å²) in [4.78, 5) is 37.4. The van der Waals surface area contributed by atoms with Gasteiger partial charge in [-0.05, 0) is 17.7 Å². The van der Waals surface area contributed by atoms with Crippen LogP contribution in [0.5, 0.6) is 11.5 Å². The Hall–Kier alpha value is -4.66. The minimum absolute atomic E-state index is 0.194. The molecule has 0 aliphatic rings. The van der Waals surface area contributed by atoms with Gasteiger partial charge >= 0.3 is 0 Å². The SMILES string of the molecule is NC(=O)C(NC(=O)C(=NNC(=O)c1cccc(O)c1O)c1ccccc1)c1ccccc1. The number of hydrogen-bond acceptors (Lipinski definition) is 6. The zero-order valence-corrected chi connectivity index (χ0v) is 16.7. The Labute approximate surface area is 183 Å². The summed E-state index contributed by atoms with van der Waals surface area (Å²) in [6.45, 7) is 0. The van der Waals surface area contributed by atoms with Crippen LogP contribution in [-0.4, -0.2) is 33.6 Å². The lowest BCUT2D eigenvalue weighted by molar-refractivity contribution is -0.124. The molecule has 0 aromatic heterocycles. The van der Waals surface area contributed by atoms with Gasteiger partial charge in [0.15, 0.2) is 17.2 Å². The molecule has 0 bridgehead atoms. The van der Waals surface area contributed by atoms with Crippen LogP contribution in [0.4, 0.5) is 0 Å². The lowest BCUT2D eigenvalue weighted by atomic mass is 10.0. The minimum atomic E-state index is -1.12. The van der Waals surface area contributed by atoms with Crippen molar-refractivity contribution >= 4 is 23.4 Å². The van der Waals surface area contributed by atoms with Gasteiger partial charge in [-0.3, -0.25) is 14.4 Å². The van der Waals surface area contributed by atoms with Gasteiger partial charge in [-0.15, -0.1) is 0 Å². The fourth-order valence-corrected chi connectivity index (χ4v) is 2.89. The van der Waals surface area contributed by atoms with E-state index in [0.717, 1.165) is 0 Å². The van der Waals surface area contributed by atoms with Gasteiger partial charge in [0, 0.05) is 5.56 Å². The van der Waals surface area contributed by atoms with Crippen molar-refractivity contribution in [2.75, 3.05) is 0 Å². The molecule has 0 aliphatic carbocycles. The van der Waals surface area contributed by atoms with Gasteiger partial charge in [0.05, 0.1) is 5.56 Å². The summed E-state index contributed by atoms with van der Waals surface area (Å²) in [6.07, 6.45) is 0. The van der Waals surface area contributed by atoms with E-state index in [4.69, 9.17) is 5.73 Å². The monoisotopic (exact) mass is 432 g/mol. The molecule has 0 spiro atoms. The fourth-order valence-electron chi connectivity index (χ4n) is 2.89. The Morgan fingerprint density at radius 1 is 0.844 bits per heavy atom. The third kappa shape index (κ3) is 5.08. The van der Waals surface area contributed by atoms with Crippen LogP contribution < -0.4 is 16.5 Å². The second-order valence-corrected chi connectivity index (χ2v) is 6.66. The summed E-state index contributed by atoms with van der Waals surface area (Å²) in [7, 11) is 0. The van der Waals surface area contributed by atoms with Crippen LogP contribution in [0, 0.1) is 0 Å². The van der Waals surface area contributed by atoms with Crippen LogP contribution in [0.3, 0.4) is 0 Å². The predicted octanol–water partition coefficient (Wildman–Crippen LogP) is 1.57. The van der Waals surface area contributed by atoms with Gasteiger partial charge in [0.2, 0.25) is 5.91 Å². The Kier molecular flexibility index (Phi) is 6.81. The third-order valence-electron chi connectivity index (χ3n) is 4.48. The van der Waals surface area contributed by atoms with Gasteiger partial charge in [-0.25, -0.2) is 5.43 Å². The predicted molar refractivity (Wildman–Crippen MR) is 117 cm³/mol. The third-order valence-corrected chi connectivity index (χ3v) is 4.48. The molecule has 3 rings (SSSR count). The smallest absolute Gasteiger partial charge is 0.275 e. The van der Waals surface area contributed by atoms with E-state index in [-0.39, 0.29) is 11.3 Å². The Balaban J connectivity index is 1.90. The summed E-state index contributed by atoms with van der Waals surface area (Å²) >= 11 is 0. The van der Waals surface area contributed by atoms with E-state index in [9.17, 15) is 24.6 Å². The molecule has 162 valence electrons. The zero-order chi connectivity index (χ0) is 23.1. The number of nitrogens with two attached hydrogens (primary N) is 1. The van der Waals surface area contributed by atoms with Crippen molar-refractivity contribution in [1.29, 1.82) is 0 Å². The number of aromatic hydroxyl groups is 2. The van der Waals surface area contributed by atoms with Gasteiger partial charge in [-0.1, -0.05) is 66.7 Å². The summed E-state index contributed by atoms with van der Waals surface area (Å²) in [5.41, 5.74) is 8.07. The van der Waals surface area contributed by atoms with E-state index in [1.165, 1.54) is 18.2 Å². The summed E-state index contributed by atoms with van der Waals surface area (Å²) in [5, 5.41) is 25.9.